The number of nitrogens with zero attached hydrogens (tertiary/aromatic N) is 3. The Bertz CT molecular complexity index is 830. The van der Waals surface area contributed by atoms with Gasteiger partial charge in [-0.05, 0) is 0 Å². The first-order chi connectivity index (χ1) is 12.9. The van der Waals surface area contributed by atoms with Gasteiger partial charge in [0.2, 0.25) is 10.0 Å². The highest BCUT2D eigenvalue weighted by Crippen LogP contribution is 2.35. The number of anilines is 1. The highest BCUT2D eigenvalue weighted by atomic mass is 79.9. The summed E-state index contributed by atoms with van der Waals surface area (Å²) in [7, 11) is -3.94. The summed E-state index contributed by atoms with van der Waals surface area (Å²) >= 11 is 6.74. The lowest BCUT2D eigenvalue weighted by Crippen LogP contribution is -2.46. The van der Waals surface area contributed by atoms with Crippen LogP contribution < -0.4 is 10.2 Å². The first-order valence-electron chi connectivity index (χ1n) is 8.23. The van der Waals surface area contributed by atoms with Gasteiger partial charge in [-0.25, -0.2) is 8.42 Å². The molecule has 0 atom stereocenters. The SMILES string of the molecule is C#Cc1cc([N+](=O)[O-])cc(S(=O)(=O)N2CCNCC2)c1N(CCBr)CCBr. The van der Waals surface area contributed by atoms with E-state index in [1.54, 1.807) is 0 Å². The van der Waals surface area contributed by atoms with Gasteiger partial charge >= 0.3 is 0 Å². The Balaban J connectivity index is 2.73. The van der Waals surface area contributed by atoms with Gasteiger partial charge in [-0.3, -0.25) is 10.1 Å². The van der Waals surface area contributed by atoms with Crippen LogP contribution in [0.1, 0.15) is 5.56 Å². The molecule has 2 rings (SSSR count). The van der Waals surface area contributed by atoms with Crippen LogP contribution in [0, 0.1) is 22.5 Å². The topological polar surface area (TPSA) is 95.8 Å². The van der Waals surface area contributed by atoms with Crippen molar-refractivity contribution < 1.29 is 13.3 Å². The van der Waals surface area contributed by atoms with E-state index in [0.29, 0.717) is 55.6 Å². The molecule has 1 saturated heterocycles. The molecule has 0 aromatic heterocycles. The summed E-state index contributed by atoms with van der Waals surface area (Å²) in [6, 6.07) is 2.37. The molecule has 1 aliphatic heterocycles. The summed E-state index contributed by atoms with van der Waals surface area (Å²) in [5, 5.41) is 15.6. The Morgan fingerprint density at radius 3 is 2.33 bits per heavy atom. The molecule has 1 heterocycles. The number of hydrogen-bond donors (Lipinski definition) is 1. The third kappa shape index (κ3) is 5.00. The van der Waals surface area contributed by atoms with Gasteiger partial charge in [0.1, 0.15) is 4.90 Å². The maximum Gasteiger partial charge on any atom is 0.272 e. The smallest absolute Gasteiger partial charge is 0.272 e. The molecular weight excluding hydrogens is 504 g/mol. The number of hydrogen-bond acceptors (Lipinski definition) is 6. The summed E-state index contributed by atoms with van der Waals surface area (Å²) < 4.78 is 28.0. The van der Waals surface area contributed by atoms with E-state index in [1.807, 2.05) is 4.90 Å². The predicted octanol–water partition coefficient (Wildman–Crippen LogP) is 1.77. The van der Waals surface area contributed by atoms with Gasteiger partial charge < -0.3 is 10.2 Å². The molecule has 0 amide bonds. The van der Waals surface area contributed by atoms with Crippen molar-refractivity contribution in [3.8, 4) is 12.3 Å². The largest absolute Gasteiger partial charge is 0.368 e. The van der Waals surface area contributed by atoms with E-state index in [2.05, 4.69) is 43.1 Å². The van der Waals surface area contributed by atoms with Crippen LogP contribution in [0.15, 0.2) is 17.0 Å². The molecule has 148 valence electrons. The van der Waals surface area contributed by atoms with Crippen LogP contribution in [0.4, 0.5) is 11.4 Å². The number of alkyl halides is 2. The number of nitro benzene ring substituents is 1. The molecule has 11 heteroatoms. The van der Waals surface area contributed by atoms with Crippen LogP contribution in [-0.2, 0) is 10.0 Å². The number of piperazine rings is 1. The Labute approximate surface area is 175 Å². The van der Waals surface area contributed by atoms with E-state index in [-0.39, 0.29) is 16.1 Å². The monoisotopic (exact) mass is 522 g/mol. The Morgan fingerprint density at radius 2 is 1.85 bits per heavy atom. The Hall–Kier alpha value is -1.19. The van der Waals surface area contributed by atoms with Crippen LogP contribution in [0.25, 0.3) is 0 Å². The van der Waals surface area contributed by atoms with Crippen LogP contribution in [0.2, 0.25) is 0 Å². The van der Waals surface area contributed by atoms with E-state index in [0.717, 1.165) is 6.07 Å². The van der Waals surface area contributed by atoms with Gasteiger partial charge in [-0.2, -0.15) is 4.31 Å². The maximum absolute atomic E-state index is 13.3. The fourth-order valence-electron chi connectivity index (χ4n) is 2.89. The number of benzene rings is 1. The minimum Gasteiger partial charge on any atom is -0.368 e. The molecule has 0 spiro atoms. The third-order valence-electron chi connectivity index (χ3n) is 4.14. The lowest BCUT2D eigenvalue weighted by molar-refractivity contribution is -0.385. The quantitative estimate of drug-likeness (QED) is 0.241. The molecule has 1 N–H and O–H groups in total. The molecule has 1 aromatic carbocycles. The highest BCUT2D eigenvalue weighted by Gasteiger charge is 2.33. The average molecular weight is 524 g/mol. The number of nitrogens with one attached hydrogen (secondary N) is 1. The number of terminal acetylenes is 1. The van der Waals surface area contributed by atoms with Crippen LogP contribution in [-0.4, -0.2) is 67.6 Å². The van der Waals surface area contributed by atoms with Gasteiger partial charge in [0.15, 0.2) is 0 Å². The van der Waals surface area contributed by atoms with E-state index in [9.17, 15) is 18.5 Å². The number of rotatable bonds is 8. The van der Waals surface area contributed by atoms with Crippen molar-refractivity contribution in [2.75, 3.05) is 54.8 Å². The minimum absolute atomic E-state index is 0.117. The van der Waals surface area contributed by atoms with Crippen molar-refractivity contribution in [1.29, 1.82) is 0 Å². The first-order valence-corrected chi connectivity index (χ1v) is 11.9. The number of non-ortho nitro benzene ring substituents is 1. The lowest BCUT2D eigenvalue weighted by atomic mass is 10.1. The second-order valence-electron chi connectivity index (χ2n) is 5.76. The van der Waals surface area contributed by atoms with Crippen molar-refractivity contribution in [2.45, 2.75) is 4.90 Å². The van der Waals surface area contributed by atoms with Crippen molar-refractivity contribution in [3.05, 3.63) is 27.8 Å². The second-order valence-corrected chi connectivity index (χ2v) is 9.25. The summed E-state index contributed by atoms with van der Waals surface area (Å²) in [5.41, 5.74) is 0.193. The van der Waals surface area contributed by atoms with Gasteiger partial charge in [-0.15, -0.1) is 6.42 Å². The van der Waals surface area contributed by atoms with Crippen molar-refractivity contribution in [1.82, 2.24) is 9.62 Å². The molecule has 0 saturated carbocycles. The van der Waals surface area contributed by atoms with E-state index in [4.69, 9.17) is 6.42 Å². The normalized spacial score (nSPS) is 15.3. The molecule has 1 aliphatic rings. The first kappa shape index (κ1) is 22.1. The van der Waals surface area contributed by atoms with Crippen LogP contribution >= 0.6 is 31.9 Å². The molecule has 27 heavy (non-hydrogen) atoms. The summed E-state index contributed by atoms with van der Waals surface area (Å²) in [4.78, 5) is 12.4. The fourth-order valence-corrected chi connectivity index (χ4v) is 5.45. The Morgan fingerprint density at radius 1 is 1.26 bits per heavy atom. The molecule has 0 radical (unpaired) electrons. The molecule has 0 bridgehead atoms. The second kappa shape index (κ2) is 9.84. The lowest BCUT2D eigenvalue weighted by Gasteiger charge is -2.31. The average Bonchev–Trinajstić information content (AvgIpc) is 2.67. The van der Waals surface area contributed by atoms with Crippen LogP contribution in [0.3, 0.4) is 0 Å². The number of halogens is 2. The number of nitro groups is 1. The van der Waals surface area contributed by atoms with E-state index in [1.165, 1.54) is 10.4 Å². The summed E-state index contributed by atoms with van der Waals surface area (Å²) in [6.07, 6.45) is 5.60. The van der Waals surface area contributed by atoms with Crippen molar-refractivity contribution in [2.24, 2.45) is 0 Å². The summed E-state index contributed by atoms with van der Waals surface area (Å²) in [5.74, 6) is 2.43. The standard InChI is InChI=1S/C16H20Br2N4O4S/c1-2-13-11-14(22(23)24)12-15(16(13)20(7-3-17)8-4-18)27(25,26)21-9-5-19-6-10-21/h1,11-12,19H,3-10H2. The molecule has 1 aromatic rings. The van der Waals surface area contributed by atoms with Gasteiger partial charge in [0, 0.05) is 62.1 Å². The summed E-state index contributed by atoms with van der Waals surface area (Å²) in [6.45, 7) is 2.65. The molecule has 1 fully saturated rings. The van der Waals surface area contributed by atoms with Crippen molar-refractivity contribution >= 4 is 53.3 Å². The Kier molecular flexibility index (Phi) is 8.05. The van der Waals surface area contributed by atoms with Gasteiger partial charge in [-0.1, -0.05) is 37.8 Å². The molecule has 8 nitrogen and oxygen atoms in total. The van der Waals surface area contributed by atoms with Crippen LogP contribution in [0.5, 0.6) is 0 Å². The fraction of sp³-hybridized carbons (Fsp3) is 0.500. The van der Waals surface area contributed by atoms with Crippen molar-refractivity contribution in [3.63, 3.8) is 0 Å². The predicted molar refractivity (Wildman–Crippen MR) is 112 cm³/mol. The zero-order valence-electron chi connectivity index (χ0n) is 14.5. The van der Waals surface area contributed by atoms with Gasteiger partial charge in [0.25, 0.3) is 5.69 Å². The molecular formula is C16H20Br2N4O4S. The minimum atomic E-state index is -3.94. The third-order valence-corrected chi connectivity index (χ3v) is 6.77. The highest BCUT2D eigenvalue weighted by molar-refractivity contribution is 9.09. The maximum atomic E-state index is 13.3. The number of sulfonamides is 1. The van der Waals surface area contributed by atoms with E-state index < -0.39 is 14.9 Å². The molecule has 0 aliphatic carbocycles. The van der Waals surface area contributed by atoms with E-state index >= 15 is 0 Å². The van der Waals surface area contributed by atoms with Gasteiger partial charge in [0.05, 0.1) is 16.2 Å². The zero-order valence-corrected chi connectivity index (χ0v) is 18.5. The molecule has 0 unspecified atom stereocenters. The zero-order chi connectivity index (χ0) is 20.0.